The molecule has 2 aromatic carbocycles. The molecule has 0 saturated heterocycles. The van der Waals surface area contributed by atoms with Crippen molar-refractivity contribution < 1.29 is 9.53 Å². The highest BCUT2D eigenvalue weighted by Gasteiger charge is 2.33. The summed E-state index contributed by atoms with van der Waals surface area (Å²) in [6.45, 7) is 7.69. The van der Waals surface area contributed by atoms with E-state index in [-0.39, 0.29) is 17.1 Å². The Labute approximate surface area is 190 Å². The van der Waals surface area contributed by atoms with Gasteiger partial charge in [0, 0.05) is 19.0 Å². The maximum Gasteiger partial charge on any atom is 0.293 e. The fraction of sp³-hybridized carbons (Fsp3) is 0.423. The Bertz CT molecular complexity index is 1050. The second kappa shape index (κ2) is 9.15. The molecule has 1 amide bonds. The van der Waals surface area contributed by atoms with Crippen LogP contribution >= 0.6 is 0 Å². The summed E-state index contributed by atoms with van der Waals surface area (Å²) < 4.78 is 7.10. The number of methoxy groups -OCH3 is 1. The average Bonchev–Trinajstić information content (AvgIpc) is 3.54. The molecule has 1 heterocycles. The van der Waals surface area contributed by atoms with Gasteiger partial charge in [0.2, 0.25) is 5.82 Å². The number of carbonyl (C=O) groups is 1. The minimum atomic E-state index is -0.106. The predicted octanol–water partition coefficient (Wildman–Crippen LogP) is 4.88. The van der Waals surface area contributed by atoms with Crippen molar-refractivity contribution in [3.63, 3.8) is 0 Å². The maximum atomic E-state index is 13.6. The van der Waals surface area contributed by atoms with Crippen LogP contribution in [-0.4, -0.2) is 45.8 Å². The molecule has 0 atom stereocenters. The van der Waals surface area contributed by atoms with E-state index >= 15 is 0 Å². The summed E-state index contributed by atoms with van der Waals surface area (Å²) in [6, 6.07) is 18.0. The van der Waals surface area contributed by atoms with Crippen LogP contribution in [0.2, 0.25) is 0 Å². The van der Waals surface area contributed by atoms with Gasteiger partial charge in [-0.15, -0.1) is 5.10 Å². The standard InChI is InChI=1S/C26H32N4O2/c1-26(2,3)18-29(17-16-19-10-14-22(32-4)15-11-19)25(31)23-27-24(20-12-13-20)30(28-23)21-8-6-5-7-9-21/h5-11,14-15,20H,12-13,16-18H2,1-4H3. The van der Waals surface area contributed by atoms with E-state index in [4.69, 9.17) is 9.72 Å². The number of amides is 1. The van der Waals surface area contributed by atoms with Crippen molar-refractivity contribution in [3.8, 4) is 11.4 Å². The van der Waals surface area contributed by atoms with Crippen molar-refractivity contribution >= 4 is 5.91 Å². The molecule has 6 heteroatoms. The van der Waals surface area contributed by atoms with Crippen LogP contribution < -0.4 is 4.74 Å². The lowest BCUT2D eigenvalue weighted by molar-refractivity contribution is 0.0685. The molecule has 4 rings (SSSR count). The molecule has 1 aliphatic carbocycles. The van der Waals surface area contributed by atoms with E-state index in [0.717, 1.165) is 36.5 Å². The Morgan fingerprint density at radius 2 is 1.78 bits per heavy atom. The summed E-state index contributed by atoms with van der Waals surface area (Å²) in [5.74, 6) is 2.30. The molecule has 1 aliphatic rings. The Morgan fingerprint density at radius 3 is 2.38 bits per heavy atom. The van der Waals surface area contributed by atoms with Gasteiger partial charge in [0.1, 0.15) is 11.6 Å². The van der Waals surface area contributed by atoms with Crippen LogP contribution in [0.5, 0.6) is 5.75 Å². The SMILES string of the molecule is COc1ccc(CCN(CC(C)(C)C)C(=O)c2nc(C3CC3)n(-c3ccccc3)n2)cc1. The summed E-state index contributed by atoms with van der Waals surface area (Å²) in [7, 11) is 1.66. The van der Waals surface area contributed by atoms with Crippen molar-refractivity contribution in [1.29, 1.82) is 0 Å². The van der Waals surface area contributed by atoms with E-state index in [9.17, 15) is 4.79 Å². The van der Waals surface area contributed by atoms with Gasteiger partial charge in [-0.2, -0.15) is 0 Å². The van der Waals surface area contributed by atoms with Gasteiger partial charge in [-0.3, -0.25) is 4.79 Å². The van der Waals surface area contributed by atoms with Crippen LogP contribution in [0.4, 0.5) is 0 Å². The van der Waals surface area contributed by atoms with E-state index in [0.29, 0.717) is 19.0 Å². The number of carbonyl (C=O) groups excluding carboxylic acids is 1. The zero-order valence-corrected chi connectivity index (χ0v) is 19.4. The fourth-order valence-electron chi connectivity index (χ4n) is 3.80. The third-order valence-electron chi connectivity index (χ3n) is 5.55. The zero-order valence-electron chi connectivity index (χ0n) is 19.4. The lowest BCUT2D eigenvalue weighted by Gasteiger charge is -2.29. The zero-order chi connectivity index (χ0) is 22.7. The molecular weight excluding hydrogens is 400 g/mol. The lowest BCUT2D eigenvalue weighted by Crippen LogP contribution is -2.39. The maximum absolute atomic E-state index is 13.6. The number of hydrogen-bond acceptors (Lipinski definition) is 4. The van der Waals surface area contributed by atoms with Gasteiger partial charge in [-0.1, -0.05) is 51.1 Å². The Hall–Kier alpha value is -3.15. The van der Waals surface area contributed by atoms with Gasteiger partial charge in [0.05, 0.1) is 12.8 Å². The molecule has 168 valence electrons. The number of benzene rings is 2. The van der Waals surface area contributed by atoms with Crippen molar-refractivity contribution in [2.24, 2.45) is 5.41 Å². The van der Waals surface area contributed by atoms with Crippen molar-refractivity contribution in [3.05, 3.63) is 71.8 Å². The third kappa shape index (κ3) is 5.36. The summed E-state index contributed by atoms with van der Waals surface area (Å²) >= 11 is 0. The third-order valence-corrected chi connectivity index (χ3v) is 5.55. The Balaban J connectivity index is 1.57. The smallest absolute Gasteiger partial charge is 0.293 e. The molecule has 0 aliphatic heterocycles. The number of hydrogen-bond donors (Lipinski definition) is 0. The highest BCUT2D eigenvalue weighted by atomic mass is 16.5. The number of rotatable bonds is 8. The highest BCUT2D eigenvalue weighted by Crippen LogP contribution is 2.39. The molecule has 0 N–H and O–H groups in total. The molecular formula is C26H32N4O2. The molecule has 0 bridgehead atoms. The van der Waals surface area contributed by atoms with Gasteiger partial charge in [0.15, 0.2) is 0 Å². The highest BCUT2D eigenvalue weighted by molar-refractivity contribution is 5.90. The molecule has 0 spiro atoms. The monoisotopic (exact) mass is 432 g/mol. The van der Waals surface area contributed by atoms with E-state index < -0.39 is 0 Å². The van der Waals surface area contributed by atoms with Gasteiger partial charge >= 0.3 is 0 Å². The Morgan fingerprint density at radius 1 is 1.09 bits per heavy atom. The van der Waals surface area contributed by atoms with Gasteiger partial charge in [0.25, 0.3) is 5.91 Å². The van der Waals surface area contributed by atoms with Crippen molar-refractivity contribution in [2.45, 2.75) is 46.0 Å². The summed E-state index contributed by atoms with van der Waals surface area (Å²) in [5.41, 5.74) is 2.08. The first-order valence-electron chi connectivity index (χ1n) is 11.3. The Kier molecular flexibility index (Phi) is 6.31. The first-order chi connectivity index (χ1) is 15.3. The van der Waals surface area contributed by atoms with Gasteiger partial charge < -0.3 is 9.64 Å². The summed E-state index contributed by atoms with van der Waals surface area (Å²) in [6.07, 6.45) is 2.96. The van der Waals surface area contributed by atoms with Crippen LogP contribution in [-0.2, 0) is 6.42 Å². The number of ether oxygens (including phenoxy) is 1. The molecule has 6 nitrogen and oxygen atoms in total. The fourth-order valence-corrected chi connectivity index (χ4v) is 3.80. The van der Waals surface area contributed by atoms with Crippen LogP contribution in [0.25, 0.3) is 5.69 Å². The van der Waals surface area contributed by atoms with E-state index in [1.807, 2.05) is 64.2 Å². The molecule has 0 unspecified atom stereocenters. The quantitative estimate of drug-likeness (QED) is 0.509. The number of para-hydroxylation sites is 1. The molecule has 1 saturated carbocycles. The van der Waals surface area contributed by atoms with Crippen molar-refractivity contribution in [1.82, 2.24) is 19.7 Å². The predicted molar refractivity (Wildman–Crippen MR) is 125 cm³/mol. The van der Waals surface area contributed by atoms with E-state index in [1.54, 1.807) is 7.11 Å². The minimum Gasteiger partial charge on any atom is -0.497 e. The molecule has 0 radical (unpaired) electrons. The van der Waals surface area contributed by atoms with Crippen molar-refractivity contribution in [2.75, 3.05) is 20.2 Å². The summed E-state index contributed by atoms with van der Waals surface area (Å²) in [4.78, 5) is 20.2. The van der Waals surface area contributed by atoms with Gasteiger partial charge in [-0.25, -0.2) is 9.67 Å². The topological polar surface area (TPSA) is 60.2 Å². The number of aromatic nitrogens is 3. The molecule has 32 heavy (non-hydrogen) atoms. The second-order valence-corrected chi connectivity index (χ2v) is 9.70. The molecule has 1 aromatic heterocycles. The van der Waals surface area contributed by atoms with E-state index in [2.05, 4.69) is 25.9 Å². The van der Waals surface area contributed by atoms with E-state index in [1.165, 1.54) is 5.56 Å². The minimum absolute atomic E-state index is 0.0309. The second-order valence-electron chi connectivity index (χ2n) is 9.70. The largest absolute Gasteiger partial charge is 0.497 e. The number of nitrogens with zero attached hydrogens (tertiary/aromatic N) is 4. The van der Waals surface area contributed by atoms with Crippen LogP contribution in [0.15, 0.2) is 54.6 Å². The molecule has 1 fully saturated rings. The van der Waals surface area contributed by atoms with Gasteiger partial charge in [-0.05, 0) is 54.5 Å². The molecule has 3 aromatic rings. The summed E-state index contributed by atoms with van der Waals surface area (Å²) in [5, 5.41) is 4.67. The lowest BCUT2D eigenvalue weighted by atomic mass is 9.95. The van der Waals surface area contributed by atoms with Crippen LogP contribution in [0.3, 0.4) is 0 Å². The first kappa shape index (κ1) is 22.1. The van der Waals surface area contributed by atoms with Crippen LogP contribution in [0, 0.1) is 5.41 Å². The van der Waals surface area contributed by atoms with Crippen LogP contribution in [0.1, 0.15) is 61.5 Å². The first-order valence-corrected chi connectivity index (χ1v) is 11.3. The average molecular weight is 433 g/mol. The normalized spacial score (nSPS) is 13.8.